The molecule has 1 fully saturated rings. The first-order chi connectivity index (χ1) is 7.95. The summed E-state index contributed by atoms with van der Waals surface area (Å²) >= 11 is 0. The average molecular weight is 242 g/mol. The molecule has 17 heavy (non-hydrogen) atoms. The number of amides is 1. The monoisotopic (exact) mass is 242 g/mol. The van der Waals surface area contributed by atoms with Crippen LogP contribution in [0.25, 0.3) is 0 Å². The van der Waals surface area contributed by atoms with Gasteiger partial charge < -0.3 is 10.1 Å². The van der Waals surface area contributed by atoms with E-state index in [9.17, 15) is 9.59 Å². The molecule has 0 saturated heterocycles. The Labute approximate surface area is 102 Å². The number of carbonyl (C=O) groups excluding carboxylic acids is 2. The Hall–Kier alpha value is -1.10. The Morgan fingerprint density at radius 3 is 2.47 bits per heavy atom. The lowest BCUT2D eigenvalue weighted by molar-refractivity contribution is -0.146. The number of nitrogens with one attached hydrogen (secondary N) is 1. The average Bonchev–Trinajstić information content (AvgIpc) is 3.10. The van der Waals surface area contributed by atoms with Crippen LogP contribution >= 0.6 is 0 Å². The van der Waals surface area contributed by atoms with Gasteiger partial charge in [0.05, 0.1) is 19.1 Å². The predicted octanol–water partition coefficient (Wildman–Crippen LogP) is 0.394. The van der Waals surface area contributed by atoms with Crippen LogP contribution in [0.15, 0.2) is 0 Å². The molecular formula is C12H22N2O3. The molecule has 5 heteroatoms. The summed E-state index contributed by atoms with van der Waals surface area (Å²) in [7, 11) is 3.22. The number of nitrogens with zero attached hydrogens (tertiary/aromatic N) is 1. The molecule has 1 aliphatic rings. The lowest BCUT2D eigenvalue weighted by Crippen LogP contribution is -2.46. The maximum atomic E-state index is 11.8. The lowest BCUT2D eigenvalue weighted by Gasteiger charge is -2.25. The van der Waals surface area contributed by atoms with Gasteiger partial charge >= 0.3 is 5.97 Å². The van der Waals surface area contributed by atoms with Crippen molar-refractivity contribution in [1.29, 1.82) is 0 Å². The van der Waals surface area contributed by atoms with Crippen molar-refractivity contribution in [2.45, 2.75) is 38.8 Å². The number of hydrogen-bond acceptors (Lipinski definition) is 4. The quantitative estimate of drug-likeness (QED) is 0.685. The van der Waals surface area contributed by atoms with Crippen LogP contribution in [0.2, 0.25) is 0 Å². The molecule has 2 unspecified atom stereocenters. The zero-order chi connectivity index (χ0) is 13.0. The first kappa shape index (κ1) is 14.0. The zero-order valence-electron chi connectivity index (χ0n) is 11.0. The largest absolute Gasteiger partial charge is 0.469 e. The Kier molecular flexibility index (Phi) is 4.93. The Morgan fingerprint density at radius 1 is 1.41 bits per heavy atom. The van der Waals surface area contributed by atoms with Crippen LogP contribution in [-0.4, -0.2) is 49.6 Å². The van der Waals surface area contributed by atoms with Crippen LogP contribution in [0.1, 0.15) is 26.7 Å². The minimum absolute atomic E-state index is 0.0343. The van der Waals surface area contributed by atoms with Gasteiger partial charge in [0.1, 0.15) is 0 Å². The van der Waals surface area contributed by atoms with E-state index < -0.39 is 0 Å². The molecule has 98 valence electrons. The van der Waals surface area contributed by atoms with Crippen molar-refractivity contribution in [3.8, 4) is 0 Å². The Bertz CT molecular complexity index is 289. The summed E-state index contributed by atoms with van der Waals surface area (Å²) in [4.78, 5) is 24.9. The predicted molar refractivity (Wildman–Crippen MR) is 64.4 cm³/mol. The van der Waals surface area contributed by atoms with E-state index in [0.717, 1.165) is 12.8 Å². The highest BCUT2D eigenvalue weighted by Gasteiger charge is 2.28. The summed E-state index contributed by atoms with van der Waals surface area (Å²) in [6.07, 6.45) is 2.17. The van der Waals surface area contributed by atoms with Crippen LogP contribution < -0.4 is 5.32 Å². The maximum Gasteiger partial charge on any atom is 0.309 e. The minimum atomic E-state index is -0.244. The number of hydrogen-bond donors (Lipinski definition) is 1. The number of rotatable bonds is 6. The van der Waals surface area contributed by atoms with E-state index in [4.69, 9.17) is 0 Å². The standard InChI is InChI=1S/C12H22N2O3/c1-8(12(16)17-4)7-14(3)9(2)11(15)13-10-5-6-10/h8-10H,5-7H2,1-4H3,(H,13,15). The van der Waals surface area contributed by atoms with Crippen molar-refractivity contribution in [3.63, 3.8) is 0 Å². The second kappa shape index (κ2) is 6.00. The SMILES string of the molecule is COC(=O)C(C)CN(C)C(C)C(=O)NC1CC1. The van der Waals surface area contributed by atoms with Gasteiger partial charge in [0, 0.05) is 12.6 Å². The van der Waals surface area contributed by atoms with Gasteiger partial charge in [0.2, 0.25) is 5.91 Å². The van der Waals surface area contributed by atoms with Crippen molar-refractivity contribution >= 4 is 11.9 Å². The van der Waals surface area contributed by atoms with Gasteiger partial charge in [-0.1, -0.05) is 6.92 Å². The molecule has 1 saturated carbocycles. The second-order valence-electron chi connectivity index (χ2n) is 4.82. The van der Waals surface area contributed by atoms with E-state index in [1.54, 1.807) is 6.92 Å². The van der Waals surface area contributed by atoms with Crippen LogP contribution in [-0.2, 0) is 14.3 Å². The Morgan fingerprint density at radius 2 is 2.00 bits per heavy atom. The third kappa shape index (κ3) is 4.34. The minimum Gasteiger partial charge on any atom is -0.469 e. The molecule has 0 bridgehead atoms. The summed E-state index contributed by atoms with van der Waals surface area (Å²) in [5, 5.41) is 2.95. The first-order valence-electron chi connectivity index (χ1n) is 6.04. The van der Waals surface area contributed by atoms with E-state index in [1.165, 1.54) is 7.11 Å². The lowest BCUT2D eigenvalue weighted by atomic mass is 10.1. The van der Waals surface area contributed by atoms with E-state index in [0.29, 0.717) is 12.6 Å². The normalized spacial score (nSPS) is 18.6. The fraction of sp³-hybridized carbons (Fsp3) is 0.833. The number of likely N-dealkylation sites (N-methyl/N-ethyl adjacent to an activating group) is 1. The molecule has 0 aromatic carbocycles. The van der Waals surface area contributed by atoms with Gasteiger partial charge in [-0.3, -0.25) is 14.5 Å². The van der Waals surface area contributed by atoms with Gasteiger partial charge in [-0.25, -0.2) is 0 Å². The number of ether oxygens (including phenoxy) is 1. The molecule has 0 aliphatic heterocycles. The van der Waals surface area contributed by atoms with Crippen molar-refractivity contribution in [1.82, 2.24) is 10.2 Å². The summed E-state index contributed by atoms with van der Waals surface area (Å²) in [6, 6.07) is 0.152. The molecule has 0 aromatic rings. The van der Waals surface area contributed by atoms with E-state index in [2.05, 4.69) is 10.1 Å². The fourth-order valence-electron chi connectivity index (χ4n) is 1.62. The molecule has 0 spiro atoms. The smallest absolute Gasteiger partial charge is 0.309 e. The number of esters is 1. The third-order valence-corrected chi connectivity index (χ3v) is 3.13. The highest BCUT2D eigenvalue weighted by molar-refractivity contribution is 5.82. The van der Waals surface area contributed by atoms with Crippen molar-refractivity contribution in [2.24, 2.45) is 5.92 Å². The number of methoxy groups -OCH3 is 1. The molecule has 0 heterocycles. The third-order valence-electron chi connectivity index (χ3n) is 3.13. The summed E-state index contributed by atoms with van der Waals surface area (Å²) < 4.78 is 4.66. The topological polar surface area (TPSA) is 58.6 Å². The molecule has 1 rings (SSSR count). The van der Waals surface area contributed by atoms with Crippen LogP contribution in [0.3, 0.4) is 0 Å². The number of carbonyl (C=O) groups is 2. The molecule has 0 aromatic heterocycles. The van der Waals surface area contributed by atoms with Crippen molar-refractivity contribution in [3.05, 3.63) is 0 Å². The van der Waals surface area contributed by atoms with Gasteiger partial charge in [-0.15, -0.1) is 0 Å². The van der Waals surface area contributed by atoms with Crippen LogP contribution in [0, 0.1) is 5.92 Å². The van der Waals surface area contributed by atoms with Crippen LogP contribution in [0.5, 0.6) is 0 Å². The molecule has 1 aliphatic carbocycles. The molecule has 2 atom stereocenters. The zero-order valence-corrected chi connectivity index (χ0v) is 11.0. The maximum absolute atomic E-state index is 11.8. The molecule has 5 nitrogen and oxygen atoms in total. The van der Waals surface area contributed by atoms with E-state index in [1.807, 2.05) is 18.9 Å². The van der Waals surface area contributed by atoms with E-state index >= 15 is 0 Å². The van der Waals surface area contributed by atoms with Gasteiger partial charge in [-0.05, 0) is 26.8 Å². The molecule has 1 N–H and O–H groups in total. The molecule has 1 amide bonds. The Balaban J connectivity index is 2.36. The fourth-order valence-corrected chi connectivity index (χ4v) is 1.62. The first-order valence-corrected chi connectivity index (χ1v) is 6.04. The highest BCUT2D eigenvalue weighted by Crippen LogP contribution is 2.19. The van der Waals surface area contributed by atoms with Crippen molar-refractivity contribution in [2.75, 3.05) is 20.7 Å². The van der Waals surface area contributed by atoms with Gasteiger partial charge in [0.25, 0.3) is 0 Å². The van der Waals surface area contributed by atoms with Gasteiger partial charge in [0.15, 0.2) is 0 Å². The van der Waals surface area contributed by atoms with Crippen LogP contribution in [0.4, 0.5) is 0 Å². The van der Waals surface area contributed by atoms with Crippen molar-refractivity contribution < 1.29 is 14.3 Å². The summed E-state index contributed by atoms with van der Waals surface area (Å²) in [5.74, 6) is -0.431. The highest BCUT2D eigenvalue weighted by atomic mass is 16.5. The molecular weight excluding hydrogens is 220 g/mol. The van der Waals surface area contributed by atoms with Gasteiger partial charge in [-0.2, -0.15) is 0 Å². The van der Waals surface area contributed by atoms with E-state index in [-0.39, 0.29) is 23.8 Å². The molecule has 0 radical (unpaired) electrons. The summed E-state index contributed by atoms with van der Waals surface area (Å²) in [6.45, 7) is 4.17. The summed E-state index contributed by atoms with van der Waals surface area (Å²) in [5.41, 5.74) is 0. The second-order valence-corrected chi connectivity index (χ2v) is 4.82.